The number of carbonyl (C=O) groups is 1. The minimum atomic E-state index is -0.347. The molecule has 0 spiro atoms. The molecule has 0 saturated heterocycles. The van der Waals surface area contributed by atoms with Crippen LogP contribution in [0.15, 0.2) is 53.7 Å². The maximum absolute atomic E-state index is 13.1. The van der Waals surface area contributed by atoms with Gasteiger partial charge in [-0.15, -0.1) is 5.10 Å². The second-order valence-corrected chi connectivity index (χ2v) is 7.85. The number of nitrogens with zero attached hydrogens (tertiary/aromatic N) is 5. The summed E-state index contributed by atoms with van der Waals surface area (Å²) in [6, 6.07) is 14.8. The zero-order valence-electron chi connectivity index (χ0n) is 15.0. The van der Waals surface area contributed by atoms with Crippen LogP contribution in [0.4, 0.5) is 5.69 Å². The summed E-state index contributed by atoms with van der Waals surface area (Å²) in [6.45, 7) is 3.94. The van der Waals surface area contributed by atoms with Gasteiger partial charge in [-0.3, -0.25) is 4.79 Å². The van der Waals surface area contributed by atoms with Crippen molar-refractivity contribution in [2.75, 3.05) is 4.90 Å². The van der Waals surface area contributed by atoms with Gasteiger partial charge in [-0.1, -0.05) is 30.0 Å². The zero-order valence-corrected chi connectivity index (χ0v) is 15.8. The molecule has 0 fully saturated rings. The van der Waals surface area contributed by atoms with Crippen molar-refractivity contribution in [1.29, 1.82) is 0 Å². The van der Waals surface area contributed by atoms with Crippen molar-refractivity contribution in [1.82, 2.24) is 20.2 Å². The molecule has 1 N–H and O–H groups in total. The van der Waals surface area contributed by atoms with Gasteiger partial charge in [-0.25, -0.2) is 0 Å². The summed E-state index contributed by atoms with van der Waals surface area (Å²) in [6.07, 6.45) is 0.866. The number of fused-ring (bicyclic) bond motifs is 1. The minimum absolute atomic E-state index is 0.0395. The van der Waals surface area contributed by atoms with E-state index in [2.05, 4.69) is 28.5 Å². The van der Waals surface area contributed by atoms with E-state index in [0.717, 1.165) is 17.8 Å². The van der Waals surface area contributed by atoms with Gasteiger partial charge in [0.05, 0.1) is 10.9 Å². The molecular weight excluding hydrogens is 362 g/mol. The molecule has 0 unspecified atom stereocenters. The molecule has 1 aromatic heterocycles. The predicted molar refractivity (Wildman–Crippen MR) is 103 cm³/mol. The van der Waals surface area contributed by atoms with Crippen molar-refractivity contribution in [3.63, 3.8) is 0 Å². The van der Waals surface area contributed by atoms with E-state index >= 15 is 0 Å². The third-order valence-corrected chi connectivity index (χ3v) is 5.63. The SMILES string of the molecule is C[C@H](Sc1nnnn1-c1ccc(O)cc1)C(=O)N1c2ccccc2C[C@H]1C. The third-order valence-electron chi connectivity index (χ3n) is 4.61. The maximum atomic E-state index is 13.1. The van der Waals surface area contributed by atoms with Gasteiger partial charge in [0, 0.05) is 11.7 Å². The molecule has 1 aliphatic heterocycles. The highest BCUT2D eigenvalue weighted by Crippen LogP contribution is 2.34. The minimum Gasteiger partial charge on any atom is -0.508 e. The quantitative estimate of drug-likeness (QED) is 0.700. The first-order chi connectivity index (χ1) is 13.0. The summed E-state index contributed by atoms with van der Waals surface area (Å²) in [5.74, 6) is 0.212. The molecule has 7 nitrogen and oxygen atoms in total. The van der Waals surface area contributed by atoms with Gasteiger partial charge in [-0.2, -0.15) is 4.68 Å². The molecule has 0 radical (unpaired) electrons. The largest absolute Gasteiger partial charge is 0.508 e. The van der Waals surface area contributed by atoms with Gasteiger partial charge >= 0.3 is 0 Å². The lowest BCUT2D eigenvalue weighted by molar-refractivity contribution is -0.118. The van der Waals surface area contributed by atoms with Crippen molar-refractivity contribution >= 4 is 23.4 Å². The number of tetrazole rings is 1. The van der Waals surface area contributed by atoms with Crippen molar-refractivity contribution in [3.05, 3.63) is 54.1 Å². The lowest BCUT2D eigenvalue weighted by Crippen LogP contribution is -2.40. The van der Waals surface area contributed by atoms with Crippen LogP contribution in [0.2, 0.25) is 0 Å². The number of hydrogen-bond donors (Lipinski definition) is 1. The number of aromatic hydroxyl groups is 1. The average Bonchev–Trinajstić information content (AvgIpc) is 3.25. The highest BCUT2D eigenvalue weighted by atomic mass is 32.2. The molecule has 2 aromatic carbocycles. The van der Waals surface area contributed by atoms with E-state index in [1.54, 1.807) is 28.9 Å². The number of thioether (sulfide) groups is 1. The molecular formula is C19H19N5O2S. The fourth-order valence-electron chi connectivity index (χ4n) is 3.31. The number of benzene rings is 2. The van der Waals surface area contributed by atoms with Crippen LogP contribution >= 0.6 is 11.8 Å². The number of anilines is 1. The fraction of sp³-hybridized carbons (Fsp3) is 0.263. The fourth-order valence-corrected chi connectivity index (χ4v) is 4.17. The van der Waals surface area contributed by atoms with Crippen molar-refractivity contribution in [3.8, 4) is 11.4 Å². The number of amides is 1. The Bertz CT molecular complexity index is 972. The van der Waals surface area contributed by atoms with Crippen molar-refractivity contribution in [2.24, 2.45) is 0 Å². The molecule has 0 bridgehead atoms. The molecule has 1 amide bonds. The molecule has 0 aliphatic carbocycles. The smallest absolute Gasteiger partial charge is 0.240 e. The summed E-state index contributed by atoms with van der Waals surface area (Å²) in [5, 5.41) is 21.4. The summed E-state index contributed by atoms with van der Waals surface area (Å²) in [5.41, 5.74) is 2.91. The Morgan fingerprint density at radius 3 is 2.74 bits per heavy atom. The molecule has 2 heterocycles. The topological polar surface area (TPSA) is 84.1 Å². The molecule has 8 heteroatoms. The second kappa shape index (κ2) is 7.03. The zero-order chi connectivity index (χ0) is 19.0. The maximum Gasteiger partial charge on any atom is 0.240 e. The van der Waals surface area contributed by atoms with E-state index in [1.165, 1.54) is 17.3 Å². The number of carbonyl (C=O) groups excluding carboxylic acids is 1. The summed E-state index contributed by atoms with van der Waals surface area (Å²) in [7, 11) is 0. The highest BCUT2D eigenvalue weighted by Gasteiger charge is 2.34. The molecule has 0 saturated carbocycles. The van der Waals surface area contributed by atoms with Crippen LogP contribution in [0.5, 0.6) is 5.75 Å². The van der Waals surface area contributed by atoms with E-state index in [1.807, 2.05) is 30.0 Å². The molecule has 1 aliphatic rings. The molecule has 2 atom stereocenters. The number of aromatic nitrogens is 4. The first-order valence-corrected chi connectivity index (χ1v) is 9.58. The molecule has 4 rings (SSSR count). The average molecular weight is 381 g/mol. The highest BCUT2D eigenvalue weighted by molar-refractivity contribution is 8.00. The molecule has 3 aromatic rings. The number of phenolic OH excluding ortho intramolecular Hbond substituents is 1. The van der Waals surface area contributed by atoms with Gasteiger partial charge in [0.2, 0.25) is 11.1 Å². The first kappa shape index (κ1) is 17.5. The summed E-state index contributed by atoms with van der Waals surface area (Å²) in [4.78, 5) is 15.0. The van der Waals surface area contributed by atoms with Gasteiger partial charge in [-0.05, 0) is 66.6 Å². The Morgan fingerprint density at radius 2 is 1.96 bits per heavy atom. The number of rotatable bonds is 4. The predicted octanol–water partition coefficient (Wildman–Crippen LogP) is 2.83. The van der Waals surface area contributed by atoms with Crippen LogP contribution in [-0.2, 0) is 11.2 Å². The van der Waals surface area contributed by atoms with Crippen LogP contribution < -0.4 is 4.90 Å². The van der Waals surface area contributed by atoms with Gasteiger partial charge < -0.3 is 10.0 Å². The molecule has 27 heavy (non-hydrogen) atoms. The monoisotopic (exact) mass is 381 g/mol. The van der Waals surface area contributed by atoms with Crippen molar-refractivity contribution in [2.45, 2.75) is 36.7 Å². The van der Waals surface area contributed by atoms with Crippen LogP contribution in [0.1, 0.15) is 19.4 Å². The second-order valence-electron chi connectivity index (χ2n) is 6.54. The number of hydrogen-bond acceptors (Lipinski definition) is 6. The Labute approximate surface area is 161 Å². The number of para-hydroxylation sites is 1. The van der Waals surface area contributed by atoms with Crippen LogP contribution in [0, 0.1) is 0 Å². The van der Waals surface area contributed by atoms with Crippen LogP contribution in [0.25, 0.3) is 5.69 Å². The summed E-state index contributed by atoms with van der Waals surface area (Å²) >= 11 is 1.32. The standard InChI is InChI=1S/C19H19N5O2S/c1-12-11-14-5-3-4-6-17(14)23(12)18(26)13(2)27-19-20-21-22-24(19)15-7-9-16(25)10-8-15/h3-10,12-13,25H,11H2,1-2H3/t12-,13+/m1/s1. The third kappa shape index (κ3) is 3.28. The Morgan fingerprint density at radius 1 is 1.22 bits per heavy atom. The van der Waals surface area contributed by atoms with Crippen LogP contribution in [0.3, 0.4) is 0 Å². The Balaban J connectivity index is 1.55. The first-order valence-electron chi connectivity index (χ1n) is 8.70. The van der Waals surface area contributed by atoms with E-state index in [9.17, 15) is 9.90 Å². The van der Waals surface area contributed by atoms with E-state index < -0.39 is 0 Å². The van der Waals surface area contributed by atoms with Crippen molar-refractivity contribution < 1.29 is 9.90 Å². The van der Waals surface area contributed by atoms with E-state index in [-0.39, 0.29) is 22.9 Å². The van der Waals surface area contributed by atoms with E-state index in [4.69, 9.17) is 0 Å². The number of phenols is 1. The Hall–Kier alpha value is -2.87. The van der Waals surface area contributed by atoms with Crippen LogP contribution in [-0.4, -0.2) is 42.5 Å². The Kier molecular flexibility index (Phi) is 4.57. The lowest BCUT2D eigenvalue weighted by Gasteiger charge is -2.25. The van der Waals surface area contributed by atoms with Gasteiger partial charge in [0.25, 0.3) is 0 Å². The summed E-state index contributed by atoms with van der Waals surface area (Å²) < 4.78 is 1.56. The van der Waals surface area contributed by atoms with E-state index in [0.29, 0.717) is 5.16 Å². The molecule has 138 valence electrons. The lowest BCUT2D eigenvalue weighted by atomic mass is 10.1. The van der Waals surface area contributed by atoms with Gasteiger partial charge in [0.15, 0.2) is 0 Å². The van der Waals surface area contributed by atoms with Gasteiger partial charge in [0.1, 0.15) is 5.75 Å². The normalized spacial score (nSPS) is 17.0.